The Morgan fingerprint density at radius 1 is 1.31 bits per heavy atom. The van der Waals surface area contributed by atoms with Gasteiger partial charge in [0.2, 0.25) is 0 Å². The van der Waals surface area contributed by atoms with Crippen LogP contribution in [0.15, 0.2) is 47.4 Å². The molecule has 132 valence electrons. The summed E-state index contributed by atoms with van der Waals surface area (Å²) in [5, 5.41) is 8.17. The van der Waals surface area contributed by atoms with Gasteiger partial charge in [0.05, 0.1) is 5.69 Å². The first-order valence-corrected chi connectivity index (χ1v) is 9.82. The van der Waals surface area contributed by atoms with Crippen LogP contribution < -0.4 is 5.32 Å². The summed E-state index contributed by atoms with van der Waals surface area (Å²) in [5.74, 6) is 0.538. The summed E-state index contributed by atoms with van der Waals surface area (Å²) in [6.07, 6.45) is 0.927. The number of thioether (sulfide) groups is 1. The molecule has 6 heteroatoms. The molecule has 1 amide bonds. The Morgan fingerprint density at radius 2 is 2.15 bits per heavy atom. The molecule has 0 aliphatic carbocycles. The van der Waals surface area contributed by atoms with Gasteiger partial charge in [0.25, 0.3) is 5.91 Å². The number of hydrogen-bond acceptors (Lipinski definition) is 3. The number of benzene rings is 2. The lowest BCUT2D eigenvalue weighted by Crippen LogP contribution is -2.15. The first-order chi connectivity index (χ1) is 12.6. The lowest BCUT2D eigenvalue weighted by atomic mass is 10.1. The van der Waals surface area contributed by atoms with Gasteiger partial charge in [0, 0.05) is 39.5 Å². The van der Waals surface area contributed by atoms with Crippen LogP contribution in [0, 0.1) is 0 Å². The van der Waals surface area contributed by atoms with E-state index in [2.05, 4.69) is 23.4 Å². The lowest BCUT2D eigenvalue weighted by Gasteiger charge is -2.17. The Balaban J connectivity index is 1.71. The number of carbonyl (C=O) groups excluding carboxylic acids is 1. The second kappa shape index (κ2) is 6.82. The number of hydrogen-bond donors (Lipinski definition) is 1. The summed E-state index contributed by atoms with van der Waals surface area (Å²) < 4.78 is 1.78. The molecular weight excluding hydrogens is 366 g/mol. The van der Waals surface area contributed by atoms with Gasteiger partial charge >= 0.3 is 0 Å². The van der Waals surface area contributed by atoms with E-state index < -0.39 is 0 Å². The van der Waals surface area contributed by atoms with E-state index in [9.17, 15) is 4.79 Å². The third-order valence-electron chi connectivity index (χ3n) is 4.52. The molecule has 0 unspecified atom stereocenters. The first-order valence-electron chi connectivity index (χ1n) is 8.45. The Hall–Kier alpha value is -2.24. The Labute approximate surface area is 161 Å². The third-order valence-corrected chi connectivity index (χ3v) is 5.86. The van der Waals surface area contributed by atoms with Gasteiger partial charge < -0.3 is 5.32 Å². The van der Waals surface area contributed by atoms with Crippen molar-refractivity contribution in [3.05, 3.63) is 64.3 Å². The number of aromatic nitrogens is 2. The van der Waals surface area contributed by atoms with E-state index in [-0.39, 0.29) is 5.91 Å². The van der Waals surface area contributed by atoms with Crippen LogP contribution in [0.4, 0.5) is 5.69 Å². The van der Waals surface area contributed by atoms with Crippen LogP contribution in [0.25, 0.3) is 11.3 Å². The van der Waals surface area contributed by atoms with Gasteiger partial charge in [-0.15, -0.1) is 11.8 Å². The summed E-state index contributed by atoms with van der Waals surface area (Å²) in [6.45, 7) is 2.09. The second-order valence-corrected chi connectivity index (χ2v) is 7.69. The largest absolute Gasteiger partial charge is 0.321 e. The minimum absolute atomic E-state index is 0.179. The maximum absolute atomic E-state index is 12.9. The van der Waals surface area contributed by atoms with E-state index in [1.807, 2.05) is 43.4 Å². The molecule has 2 aromatic carbocycles. The molecule has 1 N–H and O–H groups in total. The van der Waals surface area contributed by atoms with E-state index >= 15 is 0 Å². The molecule has 0 atom stereocenters. The number of rotatable bonds is 3. The minimum Gasteiger partial charge on any atom is -0.321 e. The molecule has 1 aromatic heterocycles. The smallest absolute Gasteiger partial charge is 0.276 e. The van der Waals surface area contributed by atoms with E-state index in [1.165, 1.54) is 5.56 Å². The fourth-order valence-electron chi connectivity index (χ4n) is 3.25. The molecular formula is C20H18ClN3OS. The highest BCUT2D eigenvalue weighted by molar-refractivity contribution is 7.98. The summed E-state index contributed by atoms with van der Waals surface area (Å²) in [5.41, 5.74) is 5.41. The highest BCUT2D eigenvalue weighted by Crippen LogP contribution is 2.43. The van der Waals surface area contributed by atoms with Crippen LogP contribution in [-0.4, -0.2) is 15.7 Å². The zero-order valence-corrected chi connectivity index (χ0v) is 16.1. The van der Waals surface area contributed by atoms with E-state index in [0.717, 1.165) is 39.6 Å². The van der Waals surface area contributed by atoms with E-state index in [4.69, 9.17) is 11.6 Å². The molecule has 0 spiro atoms. The van der Waals surface area contributed by atoms with Gasteiger partial charge in [0.15, 0.2) is 5.69 Å². The van der Waals surface area contributed by atoms with Crippen molar-refractivity contribution < 1.29 is 4.79 Å². The number of nitrogens with one attached hydrogen (secondary N) is 1. The number of anilines is 1. The summed E-state index contributed by atoms with van der Waals surface area (Å²) >= 11 is 7.89. The maximum Gasteiger partial charge on any atom is 0.276 e. The van der Waals surface area contributed by atoms with Gasteiger partial charge in [-0.3, -0.25) is 9.48 Å². The number of nitrogens with zero attached hydrogens (tertiary/aromatic N) is 2. The molecule has 0 saturated carbocycles. The number of amides is 1. The SMILES string of the molecule is CCc1cccc(NC(=O)c2nn(C)c3c2CSc2ccc(Cl)cc2-3)c1. The van der Waals surface area contributed by atoms with Crippen molar-refractivity contribution in [3.8, 4) is 11.3 Å². The maximum atomic E-state index is 12.9. The molecule has 1 aliphatic heterocycles. The topological polar surface area (TPSA) is 46.9 Å². The summed E-state index contributed by atoms with van der Waals surface area (Å²) in [7, 11) is 1.87. The van der Waals surface area contributed by atoms with Gasteiger partial charge in [-0.25, -0.2) is 0 Å². The summed E-state index contributed by atoms with van der Waals surface area (Å²) in [4.78, 5) is 14.0. The van der Waals surface area contributed by atoms with E-state index in [1.54, 1.807) is 16.4 Å². The molecule has 2 heterocycles. The molecule has 0 saturated heterocycles. The molecule has 1 aliphatic rings. The van der Waals surface area contributed by atoms with Crippen LogP contribution >= 0.6 is 23.4 Å². The van der Waals surface area contributed by atoms with Gasteiger partial charge in [0.1, 0.15) is 0 Å². The lowest BCUT2D eigenvalue weighted by molar-refractivity contribution is 0.102. The Bertz CT molecular complexity index is 1010. The molecule has 0 radical (unpaired) electrons. The number of carbonyl (C=O) groups is 1. The van der Waals surface area contributed by atoms with Crippen molar-refractivity contribution in [1.29, 1.82) is 0 Å². The van der Waals surface area contributed by atoms with Gasteiger partial charge in [-0.1, -0.05) is 30.7 Å². The highest BCUT2D eigenvalue weighted by Gasteiger charge is 2.28. The molecule has 0 fully saturated rings. The molecule has 3 aromatic rings. The zero-order chi connectivity index (χ0) is 18.3. The number of aryl methyl sites for hydroxylation is 2. The minimum atomic E-state index is -0.179. The molecule has 0 bridgehead atoms. The molecule has 4 nitrogen and oxygen atoms in total. The number of fused-ring (bicyclic) bond motifs is 3. The van der Waals surface area contributed by atoms with Crippen molar-refractivity contribution in [1.82, 2.24) is 9.78 Å². The number of halogens is 1. The van der Waals surface area contributed by atoms with Crippen molar-refractivity contribution >= 4 is 35.0 Å². The molecule has 26 heavy (non-hydrogen) atoms. The van der Waals surface area contributed by atoms with Crippen molar-refractivity contribution in [3.63, 3.8) is 0 Å². The van der Waals surface area contributed by atoms with Gasteiger partial charge in [-0.2, -0.15) is 5.10 Å². The fraction of sp³-hybridized carbons (Fsp3) is 0.200. The normalized spacial score (nSPS) is 12.4. The first kappa shape index (κ1) is 17.2. The quantitative estimate of drug-likeness (QED) is 0.679. The van der Waals surface area contributed by atoms with Crippen molar-refractivity contribution in [2.24, 2.45) is 7.05 Å². The molecule has 4 rings (SSSR count). The van der Waals surface area contributed by atoms with Crippen molar-refractivity contribution in [2.45, 2.75) is 24.0 Å². The van der Waals surface area contributed by atoms with Crippen LogP contribution in [0.1, 0.15) is 28.5 Å². The monoisotopic (exact) mass is 383 g/mol. The summed E-state index contributed by atoms with van der Waals surface area (Å²) in [6, 6.07) is 13.8. The zero-order valence-electron chi connectivity index (χ0n) is 14.5. The predicted molar refractivity (Wildman–Crippen MR) is 107 cm³/mol. The van der Waals surface area contributed by atoms with Gasteiger partial charge in [-0.05, 0) is 42.3 Å². The highest BCUT2D eigenvalue weighted by atomic mass is 35.5. The fourth-order valence-corrected chi connectivity index (χ4v) is 4.47. The van der Waals surface area contributed by atoms with Crippen LogP contribution in [-0.2, 0) is 19.2 Å². The van der Waals surface area contributed by atoms with E-state index in [0.29, 0.717) is 10.7 Å². The average Bonchev–Trinajstić information content (AvgIpc) is 2.99. The van der Waals surface area contributed by atoms with Crippen LogP contribution in [0.2, 0.25) is 5.02 Å². The third kappa shape index (κ3) is 3.02. The second-order valence-electron chi connectivity index (χ2n) is 6.24. The Morgan fingerprint density at radius 3 is 2.96 bits per heavy atom. The van der Waals surface area contributed by atoms with Crippen LogP contribution in [0.5, 0.6) is 0 Å². The predicted octanol–water partition coefficient (Wildman–Crippen LogP) is 5.16. The standard InChI is InChI=1S/C20H18ClN3OS/c1-3-12-5-4-6-14(9-12)22-20(25)18-16-11-26-17-8-7-13(21)10-15(17)19(16)24(2)23-18/h4-10H,3,11H2,1-2H3,(H,22,25). The van der Waals surface area contributed by atoms with Crippen molar-refractivity contribution in [2.75, 3.05) is 5.32 Å². The average molecular weight is 384 g/mol. The Kier molecular flexibility index (Phi) is 4.51. The van der Waals surface area contributed by atoms with Crippen LogP contribution in [0.3, 0.4) is 0 Å².